The van der Waals surface area contributed by atoms with Gasteiger partial charge in [0.15, 0.2) is 0 Å². The quantitative estimate of drug-likeness (QED) is 0.827. The molecule has 0 unspecified atom stereocenters. The molecule has 0 aliphatic rings. The Morgan fingerprint density at radius 1 is 1.05 bits per heavy atom. The minimum Gasteiger partial charge on any atom is -0.278 e. The van der Waals surface area contributed by atoms with E-state index in [1.54, 1.807) is 12.1 Å². The van der Waals surface area contributed by atoms with E-state index in [-0.39, 0.29) is 9.92 Å². The molecule has 106 valence electrons. The van der Waals surface area contributed by atoms with Crippen LogP contribution in [0.3, 0.4) is 0 Å². The van der Waals surface area contributed by atoms with Crippen molar-refractivity contribution in [3.05, 3.63) is 52.5 Å². The number of hydrogen-bond donors (Lipinski definition) is 1. The molecule has 0 spiro atoms. The summed E-state index contributed by atoms with van der Waals surface area (Å²) >= 11 is 13.1. The van der Waals surface area contributed by atoms with Crippen LogP contribution in [0.5, 0.6) is 0 Å². The molecule has 0 amide bonds. The van der Waals surface area contributed by atoms with Crippen LogP contribution in [-0.2, 0) is 10.0 Å². The Morgan fingerprint density at radius 2 is 1.75 bits per heavy atom. The maximum absolute atomic E-state index is 12.3. The standard InChI is InChI=1S/C13H11Cl2NO2S2/c1-19-13-5-3-2-4-12(13)16-20(17,18)9-6-7-10(14)11(15)8-9/h2-8,16H,1H3. The monoisotopic (exact) mass is 347 g/mol. The zero-order valence-electron chi connectivity index (χ0n) is 10.4. The first-order valence-electron chi connectivity index (χ1n) is 5.55. The van der Waals surface area contributed by atoms with E-state index in [9.17, 15) is 8.42 Å². The number of thioether (sulfide) groups is 1. The molecule has 0 atom stereocenters. The average Bonchev–Trinajstić information content (AvgIpc) is 2.42. The van der Waals surface area contributed by atoms with Gasteiger partial charge in [0.25, 0.3) is 10.0 Å². The van der Waals surface area contributed by atoms with Crippen molar-refractivity contribution < 1.29 is 8.42 Å². The van der Waals surface area contributed by atoms with Crippen molar-refractivity contribution in [2.75, 3.05) is 11.0 Å². The molecular weight excluding hydrogens is 337 g/mol. The van der Waals surface area contributed by atoms with Crippen molar-refractivity contribution in [2.24, 2.45) is 0 Å². The number of nitrogens with one attached hydrogen (secondary N) is 1. The third-order valence-electron chi connectivity index (χ3n) is 2.55. The fourth-order valence-corrected chi connectivity index (χ4v) is 3.66. The van der Waals surface area contributed by atoms with Crippen LogP contribution in [0.15, 0.2) is 52.3 Å². The molecule has 0 saturated carbocycles. The lowest BCUT2D eigenvalue weighted by Crippen LogP contribution is -2.13. The minimum atomic E-state index is -3.69. The van der Waals surface area contributed by atoms with Gasteiger partial charge in [-0.2, -0.15) is 0 Å². The fourth-order valence-electron chi connectivity index (χ4n) is 1.58. The van der Waals surface area contributed by atoms with Crippen molar-refractivity contribution in [3.8, 4) is 0 Å². The Kier molecular flexibility index (Phi) is 4.86. The largest absolute Gasteiger partial charge is 0.278 e. The van der Waals surface area contributed by atoms with Crippen molar-refractivity contribution in [1.29, 1.82) is 0 Å². The summed E-state index contributed by atoms with van der Waals surface area (Å²) in [4.78, 5) is 0.916. The molecule has 1 N–H and O–H groups in total. The van der Waals surface area contributed by atoms with Gasteiger partial charge in [-0.15, -0.1) is 11.8 Å². The third kappa shape index (κ3) is 3.41. The number of benzene rings is 2. The lowest BCUT2D eigenvalue weighted by molar-refractivity contribution is 0.601. The van der Waals surface area contributed by atoms with Gasteiger partial charge in [0.2, 0.25) is 0 Å². The molecule has 0 bridgehead atoms. The molecule has 0 heterocycles. The van der Waals surface area contributed by atoms with Crippen molar-refractivity contribution in [1.82, 2.24) is 0 Å². The Balaban J connectivity index is 2.38. The summed E-state index contributed by atoms with van der Waals surface area (Å²) in [5, 5.41) is 0.517. The van der Waals surface area contributed by atoms with E-state index < -0.39 is 10.0 Å². The van der Waals surface area contributed by atoms with Crippen molar-refractivity contribution in [2.45, 2.75) is 9.79 Å². The summed E-state index contributed by atoms with van der Waals surface area (Å²) in [5.74, 6) is 0. The zero-order chi connectivity index (χ0) is 14.8. The van der Waals surface area contributed by atoms with Gasteiger partial charge in [0.1, 0.15) is 0 Å². The van der Waals surface area contributed by atoms with Crippen LogP contribution in [-0.4, -0.2) is 14.7 Å². The molecule has 0 aliphatic carbocycles. The van der Waals surface area contributed by atoms with E-state index in [2.05, 4.69) is 4.72 Å². The lowest BCUT2D eigenvalue weighted by atomic mass is 10.3. The smallest absolute Gasteiger partial charge is 0.261 e. The predicted molar refractivity (Wildman–Crippen MR) is 85.5 cm³/mol. The van der Waals surface area contributed by atoms with Crippen LogP contribution < -0.4 is 4.72 Å². The highest BCUT2D eigenvalue weighted by Gasteiger charge is 2.17. The molecule has 0 aromatic heterocycles. The molecule has 2 aromatic carbocycles. The highest BCUT2D eigenvalue weighted by molar-refractivity contribution is 7.99. The molecule has 0 fully saturated rings. The third-order valence-corrected chi connectivity index (χ3v) is 5.45. The van der Waals surface area contributed by atoms with E-state index in [0.717, 1.165) is 4.90 Å². The van der Waals surface area contributed by atoms with Gasteiger partial charge < -0.3 is 0 Å². The van der Waals surface area contributed by atoms with Crippen LogP contribution in [0.25, 0.3) is 0 Å². The second kappa shape index (κ2) is 6.26. The molecule has 0 aliphatic heterocycles. The van der Waals surface area contributed by atoms with E-state index in [4.69, 9.17) is 23.2 Å². The molecule has 7 heteroatoms. The number of rotatable bonds is 4. The molecule has 2 aromatic rings. The number of para-hydroxylation sites is 1. The molecule has 0 saturated heterocycles. The molecule has 0 radical (unpaired) electrons. The molecule has 3 nitrogen and oxygen atoms in total. The second-order valence-electron chi connectivity index (χ2n) is 3.88. The van der Waals surface area contributed by atoms with Gasteiger partial charge >= 0.3 is 0 Å². The van der Waals surface area contributed by atoms with E-state index in [0.29, 0.717) is 10.7 Å². The first-order chi connectivity index (χ1) is 9.44. The van der Waals surface area contributed by atoms with E-state index in [1.165, 1.54) is 30.0 Å². The highest BCUT2D eigenvalue weighted by atomic mass is 35.5. The summed E-state index contributed by atoms with van der Waals surface area (Å²) in [6.45, 7) is 0. The van der Waals surface area contributed by atoms with Crippen LogP contribution in [0.1, 0.15) is 0 Å². The fraction of sp³-hybridized carbons (Fsp3) is 0.0769. The molecular formula is C13H11Cl2NO2S2. The van der Waals surface area contributed by atoms with Gasteiger partial charge in [0, 0.05) is 4.90 Å². The number of sulfonamides is 1. The summed E-state index contributed by atoms with van der Waals surface area (Å²) in [6, 6.07) is 11.4. The number of anilines is 1. The van der Waals surface area contributed by atoms with Crippen LogP contribution >= 0.6 is 35.0 Å². The van der Waals surface area contributed by atoms with Gasteiger partial charge in [0.05, 0.1) is 20.6 Å². The molecule has 20 heavy (non-hydrogen) atoms. The van der Waals surface area contributed by atoms with E-state index in [1.807, 2.05) is 18.4 Å². The first kappa shape index (κ1) is 15.5. The lowest BCUT2D eigenvalue weighted by Gasteiger charge is -2.11. The maximum Gasteiger partial charge on any atom is 0.261 e. The SMILES string of the molecule is CSc1ccccc1NS(=O)(=O)c1ccc(Cl)c(Cl)c1. The predicted octanol–water partition coefficient (Wildman–Crippen LogP) is 4.52. The normalized spacial score (nSPS) is 11.3. The van der Waals surface area contributed by atoms with E-state index >= 15 is 0 Å². The number of halogens is 2. The van der Waals surface area contributed by atoms with Crippen molar-refractivity contribution >= 4 is 50.7 Å². The Bertz CT molecular complexity index is 733. The summed E-state index contributed by atoms with van der Waals surface area (Å²) < 4.78 is 27.2. The summed E-state index contributed by atoms with van der Waals surface area (Å²) in [7, 11) is -3.69. The highest BCUT2D eigenvalue weighted by Crippen LogP contribution is 2.29. The summed E-state index contributed by atoms with van der Waals surface area (Å²) in [6.07, 6.45) is 1.88. The minimum absolute atomic E-state index is 0.0720. The second-order valence-corrected chi connectivity index (χ2v) is 7.23. The zero-order valence-corrected chi connectivity index (χ0v) is 13.6. The number of hydrogen-bond acceptors (Lipinski definition) is 3. The van der Waals surface area contributed by atoms with Crippen LogP contribution in [0.4, 0.5) is 5.69 Å². The van der Waals surface area contributed by atoms with Crippen LogP contribution in [0, 0.1) is 0 Å². The topological polar surface area (TPSA) is 46.2 Å². The first-order valence-corrected chi connectivity index (χ1v) is 9.01. The Morgan fingerprint density at radius 3 is 2.40 bits per heavy atom. The van der Waals surface area contributed by atoms with Gasteiger partial charge in [-0.1, -0.05) is 35.3 Å². The summed E-state index contributed by atoms with van der Waals surface area (Å²) in [5.41, 5.74) is 0.533. The van der Waals surface area contributed by atoms with Gasteiger partial charge in [-0.3, -0.25) is 4.72 Å². The van der Waals surface area contributed by atoms with Crippen molar-refractivity contribution in [3.63, 3.8) is 0 Å². The Labute approximate surface area is 132 Å². The average molecular weight is 348 g/mol. The van der Waals surface area contributed by atoms with Crippen LogP contribution in [0.2, 0.25) is 10.0 Å². The maximum atomic E-state index is 12.3. The van der Waals surface area contributed by atoms with Gasteiger partial charge in [-0.05, 0) is 36.6 Å². The Hall–Kier alpha value is -0.880. The molecule has 2 rings (SSSR count). The van der Waals surface area contributed by atoms with Gasteiger partial charge in [-0.25, -0.2) is 8.42 Å².